The Morgan fingerprint density at radius 1 is 1.00 bits per heavy atom. The van der Waals surface area contributed by atoms with Gasteiger partial charge in [-0.1, -0.05) is 30.3 Å². The van der Waals surface area contributed by atoms with E-state index < -0.39 is 0 Å². The molecule has 6 nitrogen and oxygen atoms in total. The van der Waals surface area contributed by atoms with Crippen LogP contribution in [0.2, 0.25) is 0 Å². The van der Waals surface area contributed by atoms with Crippen LogP contribution in [0.5, 0.6) is 5.75 Å². The SMILES string of the molecule is O=C(NCCC(=O)N1CCCC1)c1ccc(COc2ccc3ccccc3c2)o1. The van der Waals surface area contributed by atoms with Crippen molar-refractivity contribution in [3.63, 3.8) is 0 Å². The number of amides is 2. The van der Waals surface area contributed by atoms with Gasteiger partial charge in [-0.3, -0.25) is 9.59 Å². The third-order valence-electron chi connectivity index (χ3n) is 5.07. The molecule has 0 atom stereocenters. The highest BCUT2D eigenvalue weighted by Gasteiger charge is 2.18. The molecule has 150 valence electrons. The van der Waals surface area contributed by atoms with Gasteiger partial charge in [0.2, 0.25) is 5.91 Å². The molecule has 3 aromatic rings. The van der Waals surface area contributed by atoms with Gasteiger partial charge in [-0.25, -0.2) is 0 Å². The van der Waals surface area contributed by atoms with Crippen LogP contribution in [0.15, 0.2) is 59.0 Å². The Morgan fingerprint density at radius 2 is 1.79 bits per heavy atom. The smallest absolute Gasteiger partial charge is 0.287 e. The first-order chi connectivity index (χ1) is 14.2. The summed E-state index contributed by atoms with van der Waals surface area (Å²) in [6, 6.07) is 17.3. The summed E-state index contributed by atoms with van der Waals surface area (Å²) in [5.74, 6) is 1.29. The maximum Gasteiger partial charge on any atom is 0.287 e. The van der Waals surface area contributed by atoms with E-state index in [0.717, 1.165) is 42.5 Å². The first kappa shape index (κ1) is 19.1. The number of nitrogens with one attached hydrogen (secondary N) is 1. The summed E-state index contributed by atoms with van der Waals surface area (Å²) in [5, 5.41) is 5.00. The van der Waals surface area contributed by atoms with E-state index in [4.69, 9.17) is 9.15 Å². The van der Waals surface area contributed by atoms with Gasteiger partial charge < -0.3 is 19.4 Å². The Morgan fingerprint density at radius 3 is 2.62 bits per heavy atom. The van der Waals surface area contributed by atoms with Crippen LogP contribution < -0.4 is 10.1 Å². The largest absolute Gasteiger partial charge is 0.486 e. The fraction of sp³-hybridized carbons (Fsp3) is 0.304. The molecule has 0 saturated carbocycles. The second-order valence-corrected chi connectivity index (χ2v) is 7.16. The van der Waals surface area contributed by atoms with Gasteiger partial charge in [0.25, 0.3) is 5.91 Å². The minimum Gasteiger partial charge on any atom is -0.486 e. The number of furan rings is 1. The minimum atomic E-state index is -0.323. The number of likely N-dealkylation sites (tertiary alicyclic amines) is 1. The van der Waals surface area contributed by atoms with Crippen LogP contribution >= 0.6 is 0 Å². The number of benzene rings is 2. The molecule has 1 aliphatic rings. The normalized spacial score (nSPS) is 13.6. The second-order valence-electron chi connectivity index (χ2n) is 7.16. The molecule has 0 aliphatic carbocycles. The average molecular weight is 392 g/mol. The number of hydrogen-bond donors (Lipinski definition) is 1. The molecule has 0 unspecified atom stereocenters. The second kappa shape index (κ2) is 8.82. The van der Waals surface area contributed by atoms with Crippen molar-refractivity contribution in [3.8, 4) is 5.75 Å². The molecular formula is C23H24N2O4. The molecule has 2 aromatic carbocycles. The Kier molecular flexibility index (Phi) is 5.79. The van der Waals surface area contributed by atoms with Crippen molar-refractivity contribution < 1.29 is 18.7 Å². The summed E-state index contributed by atoms with van der Waals surface area (Å²) >= 11 is 0. The van der Waals surface area contributed by atoms with E-state index in [-0.39, 0.29) is 24.2 Å². The van der Waals surface area contributed by atoms with Crippen molar-refractivity contribution in [2.45, 2.75) is 25.9 Å². The number of rotatable bonds is 7. The summed E-state index contributed by atoms with van der Waals surface area (Å²) in [5.41, 5.74) is 0. The highest BCUT2D eigenvalue weighted by molar-refractivity contribution is 5.91. The van der Waals surface area contributed by atoms with Crippen LogP contribution in [0, 0.1) is 0 Å². The lowest BCUT2D eigenvalue weighted by Crippen LogP contribution is -2.32. The van der Waals surface area contributed by atoms with E-state index >= 15 is 0 Å². The van der Waals surface area contributed by atoms with Crippen molar-refractivity contribution in [3.05, 3.63) is 66.1 Å². The molecule has 1 N–H and O–H groups in total. The molecule has 0 bridgehead atoms. The van der Waals surface area contributed by atoms with Crippen molar-refractivity contribution in [2.75, 3.05) is 19.6 Å². The lowest BCUT2D eigenvalue weighted by molar-refractivity contribution is -0.129. The predicted molar refractivity (Wildman–Crippen MR) is 110 cm³/mol. The van der Waals surface area contributed by atoms with Crippen LogP contribution in [0.25, 0.3) is 10.8 Å². The Hall–Kier alpha value is -3.28. The van der Waals surface area contributed by atoms with Gasteiger partial charge in [0, 0.05) is 26.1 Å². The van der Waals surface area contributed by atoms with E-state index in [9.17, 15) is 9.59 Å². The van der Waals surface area contributed by atoms with Gasteiger partial charge in [-0.15, -0.1) is 0 Å². The number of fused-ring (bicyclic) bond motifs is 1. The average Bonchev–Trinajstić information content (AvgIpc) is 3.44. The van der Waals surface area contributed by atoms with Crippen LogP contribution in [0.4, 0.5) is 0 Å². The van der Waals surface area contributed by atoms with Gasteiger partial charge in [0.15, 0.2) is 5.76 Å². The summed E-state index contributed by atoms with van der Waals surface area (Å²) in [4.78, 5) is 26.1. The van der Waals surface area contributed by atoms with Crippen LogP contribution in [-0.2, 0) is 11.4 Å². The summed E-state index contributed by atoms with van der Waals surface area (Å²) in [7, 11) is 0. The fourth-order valence-electron chi connectivity index (χ4n) is 3.48. The molecule has 2 amide bonds. The monoisotopic (exact) mass is 392 g/mol. The lowest BCUT2D eigenvalue weighted by Gasteiger charge is -2.14. The van der Waals surface area contributed by atoms with Crippen molar-refractivity contribution in [1.29, 1.82) is 0 Å². The first-order valence-electron chi connectivity index (χ1n) is 9.95. The van der Waals surface area contributed by atoms with Crippen molar-refractivity contribution in [2.24, 2.45) is 0 Å². The third kappa shape index (κ3) is 4.77. The Balaban J connectivity index is 1.26. The fourth-order valence-corrected chi connectivity index (χ4v) is 3.48. The Bertz CT molecular complexity index is 1000. The summed E-state index contributed by atoms with van der Waals surface area (Å²) in [6.45, 7) is 2.19. The quantitative estimate of drug-likeness (QED) is 0.665. The molecule has 1 aliphatic heterocycles. The molecule has 1 aromatic heterocycles. The number of carbonyl (C=O) groups is 2. The van der Waals surface area contributed by atoms with Gasteiger partial charge in [0.1, 0.15) is 18.1 Å². The minimum absolute atomic E-state index is 0.0896. The van der Waals surface area contributed by atoms with E-state index in [1.54, 1.807) is 12.1 Å². The number of ether oxygens (including phenoxy) is 1. The summed E-state index contributed by atoms with van der Waals surface area (Å²) in [6.07, 6.45) is 2.44. The lowest BCUT2D eigenvalue weighted by atomic mass is 10.1. The molecule has 4 rings (SSSR count). The molecule has 6 heteroatoms. The van der Waals surface area contributed by atoms with Gasteiger partial charge in [0.05, 0.1) is 0 Å². The zero-order valence-corrected chi connectivity index (χ0v) is 16.2. The Labute approximate surface area is 169 Å². The number of nitrogens with zero attached hydrogens (tertiary/aromatic N) is 1. The topological polar surface area (TPSA) is 71.8 Å². The van der Waals surface area contributed by atoms with Crippen LogP contribution in [0.3, 0.4) is 0 Å². The van der Waals surface area contributed by atoms with Crippen molar-refractivity contribution >= 4 is 22.6 Å². The van der Waals surface area contributed by atoms with Gasteiger partial charge in [-0.2, -0.15) is 0 Å². The standard InChI is InChI=1S/C23H24N2O4/c26-22(25-13-3-4-14-25)11-12-24-23(27)21-10-9-20(29-21)16-28-19-8-7-17-5-1-2-6-18(17)15-19/h1-2,5-10,15H,3-4,11-14,16H2,(H,24,27). The first-order valence-corrected chi connectivity index (χ1v) is 9.95. The van der Waals surface area contributed by atoms with Crippen LogP contribution in [0.1, 0.15) is 35.6 Å². The van der Waals surface area contributed by atoms with Crippen molar-refractivity contribution in [1.82, 2.24) is 10.2 Å². The zero-order chi connectivity index (χ0) is 20.1. The molecule has 2 heterocycles. The molecule has 1 saturated heterocycles. The highest BCUT2D eigenvalue weighted by Crippen LogP contribution is 2.21. The maximum atomic E-state index is 12.2. The number of hydrogen-bond acceptors (Lipinski definition) is 4. The van der Waals surface area contributed by atoms with E-state index in [1.165, 1.54) is 0 Å². The number of carbonyl (C=O) groups excluding carboxylic acids is 2. The highest BCUT2D eigenvalue weighted by atomic mass is 16.5. The summed E-state index contributed by atoms with van der Waals surface area (Å²) < 4.78 is 11.4. The van der Waals surface area contributed by atoms with Gasteiger partial charge >= 0.3 is 0 Å². The molecule has 0 spiro atoms. The van der Waals surface area contributed by atoms with E-state index in [0.29, 0.717) is 18.7 Å². The third-order valence-corrected chi connectivity index (χ3v) is 5.07. The zero-order valence-electron chi connectivity index (χ0n) is 16.2. The molecule has 1 fully saturated rings. The van der Waals surface area contributed by atoms with Crippen LogP contribution in [-0.4, -0.2) is 36.3 Å². The molecule has 0 radical (unpaired) electrons. The molecular weight excluding hydrogens is 368 g/mol. The molecule has 29 heavy (non-hydrogen) atoms. The van der Waals surface area contributed by atoms with E-state index in [1.807, 2.05) is 41.3 Å². The predicted octanol–water partition coefficient (Wildman–Crippen LogP) is 3.75. The van der Waals surface area contributed by atoms with E-state index in [2.05, 4.69) is 11.4 Å². The maximum absolute atomic E-state index is 12.2. The van der Waals surface area contributed by atoms with Gasteiger partial charge in [-0.05, 0) is 47.9 Å².